The Labute approximate surface area is 357 Å². The molecule has 3 aromatic carbocycles. The van der Waals surface area contributed by atoms with E-state index in [1.165, 1.54) is 93.7 Å². The van der Waals surface area contributed by atoms with Crippen molar-refractivity contribution in [3.63, 3.8) is 0 Å². The van der Waals surface area contributed by atoms with Crippen molar-refractivity contribution < 1.29 is 0 Å². The highest BCUT2D eigenvalue weighted by Gasteiger charge is 2.46. The van der Waals surface area contributed by atoms with E-state index in [-0.39, 0.29) is 12.4 Å². The lowest BCUT2D eigenvalue weighted by molar-refractivity contribution is 0.157. The summed E-state index contributed by atoms with van der Waals surface area (Å²) in [4.78, 5) is 0. The molecule has 3 saturated carbocycles. The van der Waals surface area contributed by atoms with Gasteiger partial charge in [-0.15, -0.1) is 12.4 Å². The van der Waals surface area contributed by atoms with Gasteiger partial charge in [0.2, 0.25) is 0 Å². The van der Waals surface area contributed by atoms with Crippen LogP contribution in [-0.2, 0) is 16.2 Å². The van der Waals surface area contributed by atoms with Crippen molar-refractivity contribution in [3.8, 4) is 0 Å². The Morgan fingerprint density at radius 3 is 0.745 bits per heavy atom. The van der Waals surface area contributed by atoms with E-state index in [1.54, 1.807) is 0 Å². The molecule has 0 spiro atoms. The van der Waals surface area contributed by atoms with Crippen LogP contribution in [0.3, 0.4) is 0 Å². The normalized spacial score (nSPS) is 19.3. The molecule has 6 rings (SSSR count). The first-order valence-corrected chi connectivity index (χ1v) is 22.2. The lowest BCUT2D eigenvalue weighted by Crippen LogP contribution is -2.52. The molecule has 1 unspecified atom stereocenters. The molecule has 0 radical (unpaired) electrons. The maximum absolute atomic E-state index is 6.01. The van der Waals surface area contributed by atoms with Gasteiger partial charge in [-0.2, -0.15) is 0 Å². The second kappa shape index (κ2) is 22.2. The van der Waals surface area contributed by atoms with Crippen molar-refractivity contribution in [1.82, 2.24) is 16.0 Å². The number of hydrogen-bond acceptors (Lipinski definition) is 3. The van der Waals surface area contributed by atoms with Crippen molar-refractivity contribution in [1.29, 1.82) is 0 Å². The number of rotatable bonds is 15. The van der Waals surface area contributed by atoms with Crippen LogP contribution in [0.4, 0.5) is 0 Å². The second-order valence-electron chi connectivity index (χ2n) is 18.0. The molecule has 3 aliphatic carbocycles. The zero-order chi connectivity index (χ0) is 39.5. The van der Waals surface area contributed by atoms with Crippen LogP contribution in [0.1, 0.15) is 135 Å². The highest BCUT2D eigenvalue weighted by atomic mass is 35.5. The maximum Gasteiger partial charge on any atom is 0.0406 e. The van der Waals surface area contributed by atoms with Crippen molar-refractivity contribution in [2.75, 3.05) is 21.1 Å². The quantitative estimate of drug-likeness (QED) is 0.143. The summed E-state index contributed by atoms with van der Waals surface area (Å²) in [5.41, 5.74) is 5.38. The van der Waals surface area contributed by atoms with Gasteiger partial charge in [-0.05, 0) is 150 Å². The first-order valence-electron chi connectivity index (χ1n) is 21.0. The van der Waals surface area contributed by atoms with Gasteiger partial charge in [0.05, 0.1) is 0 Å². The first kappa shape index (κ1) is 48.1. The van der Waals surface area contributed by atoms with E-state index in [1.807, 2.05) is 36.4 Å². The van der Waals surface area contributed by atoms with E-state index in [9.17, 15) is 0 Å². The largest absolute Gasteiger partial charge is 0.316 e. The molecule has 3 aliphatic rings. The molecule has 308 valence electrons. The molecule has 0 amide bonds. The molecule has 0 heterocycles. The second-order valence-corrected chi connectivity index (χ2v) is 19.3. The third kappa shape index (κ3) is 11.9. The van der Waals surface area contributed by atoms with Gasteiger partial charge in [0, 0.05) is 49.4 Å². The smallest absolute Gasteiger partial charge is 0.0406 e. The van der Waals surface area contributed by atoms with Crippen molar-refractivity contribution >= 4 is 47.2 Å². The fourth-order valence-corrected chi connectivity index (χ4v) is 10.2. The minimum Gasteiger partial charge on any atom is -0.316 e. The van der Waals surface area contributed by atoms with Gasteiger partial charge in [-0.25, -0.2) is 0 Å². The van der Waals surface area contributed by atoms with Gasteiger partial charge in [0.15, 0.2) is 0 Å². The average molecular weight is 834 g/mol. The van der Waals surface area contributed by atoms with Crippen LogP contribution in [0.25, 0.3) is 0 Å². The highest BCUT2D eigenvalue weighted by molar-refractivity contribution is 6.31. The molecule has 3 atom stereocenters. The van der Waals surface area contributed by atoms with E-state index in [0.717, 1.165) is 32.8 Å². The van der Waals surface area contributed by atoms with E-state index in [4.69, 9.17) is 34.8 Å². The van der Waals surface area contributed by atoms with Crippen LogP contribution >= 0.6 is 47.2 Å². The van der Waals surface area contributed by atoms with E-state index in [2.05, 4.69) is 115 Å². The Balaban J connectivity index is 0.000000220. The topological polar surface area (TPSA) is 36.1 Å². The number of nitrogens with one attached hydrogen (secondary N) is 3. The Bertz CT molecular complexity index is 1320. The lowest BCUT2D eigenvalue weighted by Gasteiger charge is -2.49. The molecule has 3 nitrogen and oxygen atoms in total. The third-order valence-corrected chi connectivity index (χ3v) is 13.9. The van der Waals surface area contributed by atoms with Crippen LogP contribution in [0.5, 0.6) is 0 Å². The van der Waals surface area contributed by atoms with Crippen LogP contribution in [0.15, 0.2) is 72.8 Å². The monoisotopic (exact) mass is 831 g/mol. The molecule has 0 bridgehead atoms. The fourth-order valence-electron chi connectivity index (χ4n) is 9.81. The Morgan fingerprint density at radius 2 is 0.618 bits per heavy atom. The standard InChI is InChI=1S/3C16H24ClN.ClH/c3*1-12(2)11-15(18-3)16(9-4-10-16)13-5-7-14(17)8-6-13;/h3*5-8,12,15,18H,4,9-11H2,1-3H3;1H/t2*15-;;/m11../s1. The summed E-state index contributed by atoms with van der Waals surface area (Å²) in [6.07, 6.45) is 15.5. The van der Waals surface area contributed by atoms with Crippen LogP contribution < -0.4 is 16.0 Å². The lowest BCUT2D eigenvalue weighted by atomic mass is 9.59. The van der Waals surface area contributed by atoms with Crippen LogP contribution in [0, 0.1) is 17.8 Å². The summed E-state index contributed by atoms with van der Waals surface area (Å²) in [5, 5.41) is 13.2. The minimum atomic E-state index is 0. The van der Waals surface area contributed by atoms with Gasteiger partial charge < -0.3 is 16.0 Å². The van der Waals surface area contributed by atoms with Gasteiger partial charge in [0.25, 0.3) is 0 Å². The number of halogens is 4. The van der Waals surface area contributed by atoms with Gasteiger partial charge >= 0.3 is 0 Å². The molecule has 3 fully saturated rings. The molecule has 7 heteroatoms. The summed E-state index contributed by atoms with van der Waals surface area (Å²) in [5.74, 6) is 2.19. The van der Waals surface area contributed by atoms with Gasteiger partial charge in [0.1, 0.15) is 0 Å². The van der Waals surface area contributed by atoms with E-state index >= 15 is 0 Å². The zero-order valence-electron chi connectivity index (χ0n) is 35.4. The molecular formula is C48H73Cl4N3. The molecule has 3 aromatic rings. The van der Waals surface area contributed by atoms with Crippen molar-refractivity contribution in [3.05, 3.63) is 105 Å². The summed E-state index contributed by atoms with van der Waals surface area (Å²) in [6, 6.07) is 27.2. The minimum absolute atomic E-state index is 0. The number of hydrogen-bond donors (Lipinski definition) is 3. The number of likely N-dealkylation sites (N-methyl/N-ethyl adjacent to an activating group) is 3. The molecule has 55 heavy (non-hydrogen) atoms. The van der Waals surface area contributed by atoms with Crippen LogP contribution in [-0.4, -0.2) is 39.3 Å². The van der Waals surface area contributed by atoms with Crippen molar-refractivity contribution in [2.45, 2.75) is 153 Å². The number of benzene rings is 3. The maximum atomic E-state index is 6.01. The molecule has 0 aromatic heterocycles. The Morgan fingerprint density at radius 1 is 0.418 bits per heavy atom. The fraction of sp³-hybridized carbons (Fsp3) is 0.625. The van der Waals surface area contributed by atoms with Gasteiger partial charge in [-0.1, -0.05) is 132 Å². The molecule has 0 aliphatic heterocycles. The van der Waals surface area contributed by atoms with Gasteiger partial charge in [-0.3, -0.25) is 0 Å². The first-order chi connectivity index (χ1) is 25.7. The third-order valence-electron chi connectivity index (χ3n) is 13.2. The summed E-state index contributed by atoms with van der Waals surface area (Å²) in [7, 11) is 6.30. The van der Waals surface area contributed by atoms with E-state index in [0.29, 0.717) is 34.4 Å². The summed E-state index contributed by atoms with van der Waals surface area (Å²) < 4.78 is 0. The summed E-state index contributed by atoms with van der Waals surface area (Å²) >= 11 is 18.0. The molecule has 0 saturated heterocycles. The Hall–Kier alpha value is -1.30. The zero-order valence-corrected chi connectivity index (χ0v) is 38.5. The van der Waals surface area contributed by atoms with E-state index < -0.39 is 0 Å². The summed E-state index contributed by atoms with van der Waals surface area (Å²) in [6.45, 7) is 13.8. The molecule has 3 N–H and O–H groups in total. The predicted octanol–water partition coefficient (Wildman–Crippen LogP) is 13.6. The SMILES string of the molecule is CNC(CC(C)C)C1(c2ccc(Cl)cc2)CCC1.CN[C@H](CC(C)C)C1(c2ccc(Cl)cc2)CCC1.CN[C@H](CC(C)C)C1(c2ccc(Cl)cc2)CCC1.Cl. The Kier molecular flexibility index (Phi) is 19.4. The van der Waals surface area contributed by atoms with Crippen molar-refractivity contribution in [2.24, 2.45) is 17.8 Å². The molecular weight excluding hydrogens is 760 g/mol. The highest BCUT2D eigenvalue weighted by Crippen LogP contribution is 2.50. The predicted molar refractivity (Wildman–Crippen MR) is 245 cm³/mol. The average Bonchev–Trinajstić information content (AvgIpc) is 3.08. The van der Waals surface area contributed by atoms with Crippen LogP contribution in [0.2, 0.25) is 15.1 Å².